The maximum atomic E-state index is 12.9. The molecule has 0 spiro atoms. The molecule has 4 rings (SSSR count). The molecule has 0 fully saturated rings. The number of hydrogen-bond acceptors (Lipinski definition) is 8. The zero-order valence-electron chi connectivity index (χ0n) is 15.4. The summed E-state index contributed by atoms with van der Waals surface area (Å²) in [6.45, 7) is 1.96. The maximum absolute atomic E-state index is 12.9. The second-order valence-corrected chi connectivity index (χ2v) is 8.59. The smallest absolute Gasteiger partial charge is 0.286 e. The van der Waals surface area contributed by atoms with Gasteiger partial charge in [-0.05, 0) is 30.5 Å². The number of amidine groups is 1. The zero-order chi connectivity index (χ0) is 20.8. The topological polar surface area (TPSA) is 123 Å². The number of ether oxygens (including phenoxy) is 1. The van der Waals surface area contributed by atoms with Crippen LogP contribution in [0.2, 0.25) is 0 Å². The molecule has 1 aliphatic rings. The van der Waals surface area contributed by atoms with E-state index in [0.717, 1.165) is 4.68 Å². The lowest BCUT2D eigenvalue weighted by Crippen LogP contribution is -2.33. The van der Waals surface area contributed by atoms with Crippen LogP contribution in [0.4, 0.5) is 5.69 Å². The number of aromatic hydroxyl groups is 1. The maximum Gasteiger partial charge on any atom is 0.286 e. The first-order valence-corrected chi connectivity index (χ1v) is 10.9. The highest BCUT2D eigenvalue weighted by Gasteiger charge is 2.31. The van der Waals surface area contributed by atoms with Gasteiger partial charge in [-0.2, -0.15) is 13.5 Å². The number of benzene rings is 1. The molecule has 2 aromatic heterocycles. The molecule has 1 aliphatic heterocycles. The van der Waals surface area contributed by atoms with Crippen molar-refractivity contribution in [3.05, 3.63) is 51.6 Å². The Labute approximate surface area is 170 Å². The molecule has 0 radical (unpaired) electrons. The summed E-state index contributed by atoms with van der Waals surface area (Å²) in [6.07, 6.45) is 0. The number of aromatic nitrogens is 2. The lowest BCUT2D eigenvalue weighted by Gasteiger charge is -2.20. The van der Waals surface area contributed by atoms with Gasteiger partial charge in [0.05, 0.1) is 17.7 Å². The number of hydrogen-bond donors (Lipinski definition) is 2. The summed E-state index contributed by atoms with van der Waals surface area (Å²) in [7, 11) is -2.70. The van der Waals surface area contributed by atoms with Gasteiger partial charge in [0, 0.05) is 12.6 Å². The average molecular weight is 432 g/mol. The van der Waals surface area contributed by atoms with E-state index in [1.807, 2.05) is 5.38 Å². The Morgan fingerprint density at radius 2 is 2.10 bits per heavy atom. The highest BCUT2D eigenvalue weighted by Crippen LogP contribution is 2.35. The Balaban J connectivity index is 1.95. The van der Waals surface area contributed by atoms with Crippen molar-refractivity contribution in [2.75, 3.05) is 12.4 Å². The van der Waals surface area contributed by atoms with Crippen LogP contribution < -0.4 is 15.6 Å². The zero-order valence-corrected chi connectivity index (χ0v) is 17.0. The Bertz CT molecular complexity index is 1290. The largest absolute Gasteiger partial charge is 0.505 e. The summed E-state index contributed by atoms with van der Waals surface area (Å²) >= 11 is 1.33. The van der Waals surface area contributed by atoms with Gasteiger partial charge in [-0.1, -0.05) is 6.07 Å². The second-order valence-electron chi connectivity index (χ2n) is 6.07. The van der Waals surface area contributed by atoms with Crippen molar-refractivity contribution < 1.29 is 18.3 Å². The summed E-state index contributed by atoms with van der Waals surface area (Å²) in [4.78, 5) is 13.4. The van der Waals surface area contributed by atoms with Crippen molar-refractivity contribution >= 4 is 32.9 Å². The molecular weight excluding hydrogens is 416 g/mol. The predicted molar refractivity (Wildman–Crippen MR) is 109 cm³/mol. The summed E-state index contributed by atoms with van der Waals surface area (Å²) < 4.78 is 35.4. The van der Waals surface area contributed by atoms with Crippen LogP contribution in [0.3, 0.4) is 0 Å². The van der Waals surface area contributed by atoms with E-state index in [9.17, 15) is 18.3 Å². The molecular formula is C18H16N4O5S2. The Morgan fingerprint density at radius 3 is 2.76 bits per heavy atom. The Kier molecular flexibility index (Phi) is 4.63. The van der Waals surface area contributed by atoms with E-state index in [4.69, 9.17) is 4.74 Å². The highest BCUT2D eigenvalue weighted by atomic mass is 32.2. The van der Waals surface area contributed by atoms with Crippen LogP contribution in [0.25, 0.3) is 10.6 Å². The van der Waals surface area contributed by atoms with Gasteiger partial charge in [-0.25, -0.2) is 4.68 Å². The van der Waals surface area contributed by atoms with Gasteiger partial charge in [0.1, 0.15) is 21.9 Å². The minimum Gasteiger partial charge on any atom is -0.505 e. The third-order valence-corrected chi connectivity index (χ3v) is 6.55. The molecule has 2 N–H and O–H groups in total. The van der Waals surface area contributed by atoms with Crippen molar-refractivity contribution in [2.45, 2.75) is 18.4 Å². The second kappa shape index (κ2) is 7.01. The van der Waals surface area contributed by atoms with Crippen LogP contribution >= 0.6 is 11.3 Å². The highest BCUT2D eigenvalue weighted by molar-refractivity contribution is 7.90. The summed E-state index contributed by atoms with van der Waals surface area (Å²) in [6, 6.07) is 7.96. The number of rotatable bonds is 4. The fraction of sp³-hybridized carbons (Fsp3) is 0.167. The lowest BCUT2D eigenvalue weighted by molar-refractivity contribution is 0.413. The first-order chi connectivity index (χ1) is 13.9. The van der Waals surface area contributed by atoms with Crippen molar-refractivity contribution in [3.8, 4) is 22.1 Å². The number of nitrogens with zero attached hydrogens (tertiary/aromatic N) is 3. The lowest BCUT2D eigenvalue weighted by atomic mass is 10.1. The van der Waals surface area contributed by atoms with Crippen LogP contribution in [0.1, 0.15) is 12.5 Å². The summed E-state index contributed by atoms with van der Waals surface area (Å²) in [5.41, 5.74) is -0.495. The van der Waals surface area contributed by atoms with Crippen LogP contribution in [0.5, 0.6) is 11.5 Å². The first kappa shape index (κ1) is 19.2. The number of nitrogens with one attached hydrogen (secondary N) is 1. The van der Waals surface area contributed by atoms with Crippen LogP contribution in [0.15, 0.2) is 49.8 Å². The summed E-state index contributed by atoms with van der Waals surface area (Å²) in [5, 5.41) is 19.7. The van der Waals surface area contributed by atoms with Crippen molar-refractivity contribution in [3.63, 3.8) is 0 Å². The van der Waals surface area contributed by atoms with E-state index in [1.165, 1.54) is 30.6 Å². The fourth-order valence-electron chi connectivity index (χ4n) is 2.94. The van der Waals surface area contributed by atoms with Gasteiger partial charge in [0.15, 0.2) is 11.6 Å². The third-order valence-electron chi connectivity index (χ3n) is 4.35. The molecule has 0 aliphatic carbocycles. The first-order valence-electron chi connectivity index (χ1n) is 8.54. The molecule has 11 heteroatoms. The number of methoxy groups -OCH3 is 1. The number of thiophene rings is 1. The van der Waals surface area contributed by atoms with Crippen LogP contribution in [-0.2, 0) is 16.6 Å². The standard InChI is InChI=1S/C18H16N4O5S2/c1-3-22-18(24)14(16(23)15(20-22)12-5-4-8-28-12)17-19-11-7-6-10(27-2)9-13(11)29(25,26)21-17/h4-9,23H,3H2,1-2H3,(H,19,21). The Hall–Kier alpha value is -3.18. The molecule has 0 bridgehead atoms. The molecule has 0 saturated carbocycles. The van der Waals surface area contributed by atoms with E-state index in [1.54, 1.807) is 25.1 Å². The van der Waals surface area contributed by atoms with Crippen molar-refractivity contribution in [1.82, 2.24) is 9.78 Å². The normalized spacial score (nSPS) is 14.6. The fourth-order valence-corrected chi connectivity index (χ4v) is 4.79. The van der Waals surface area contributed by atoms with Gasteiger partial charge in [-0.3, -0.25) is 4.79 Å². The number of fused-ring (bicyclic) bond motifs is 1. The molecule has 0 amide bonds. The van der Waals surface area contributed by atoms with E-state index >= 15 is 0 Å². The quantitative estimate of drug-likeness (QED) is 0.648. The molecule has 0 atom stereocenters. The predicted octanol–water partition coefficient (Wildman–Crippen LogP) is 2.27. The minimum absolute atomic E-state index is 0.0801. The van der Waals surface area contributed by atoms with E-state index in [0.29, 0.717) is 10.6 Å². The minimum atomic E-state index is -4.12. The molecule has 150 valence electrons. The number of sulfonamides is 1. The van der Waals surface area contributed by atoms with Crippen LogP contribution in [0, 0.1) is 0 Å². The van der Waals surface area contributed by atoms with Gasteiger partial charge < -0.3 is 15.2 Å². The number of aryl methyl sites for hydroxylation is 1. The van der Waals surface area contributed by atoms with Gasteiger partial charge in [0.25, 0.3) is 15.6 Å². The monoisotopic (exact) mass is 432 g/mol. The number of anilines is 1. The molecule has 3 heterocycles. The van der Waals surface area contributed by atoms with Crippen LogP contribution in [-0.4, -0.2) is 36.3 Å². The van der Waals surface area contributed by atoms with E-state index < -0.39 is 21.3 Å². The van der Waals surface area contributed by atoms with E-state index in [-0.39, 0.29) is 34.2 Å². The summed E-state index contributed by atoms with van der Waals surface area (Å²) in [5.74, 6) is -0.332. The van der Waals surface area contributed by atoms with E-state index in [2.05, 4.69) is 14.8 Å². The van der Waals surface area contributed by atoms with Gasteiger partial charge in [0.2, 0.25) is 0 Å². The van der Waals surface area contributed by atoms with Crippen molar-refractivity contribution in [1.29, 1.82) is 0 Å². The Morgan fingerprint density at radius 1 is 1.31 bits per heavy atom. The molecule has 3 aromatic rings. The third kappa shape index (κ3) is 3.17. The average Bonchev–Trinajstić information content (AvgIpc) is 3.22. The molecule has 0 unspecified atom stereocenters. The SMILES string of the molecule is CCn1nc(-c2cccs2)c(O)c(C2=NS(=O)(=O)c3cc(OC)ccc3N2)c1=O. The van der Waals surface area contributed by atoms with Gasteiger partial charge >= 0.3 is 0 Å². The molecule has 0 saturated heterocycles. The molecule has 1 aromatic carbocycles. The molecule has 9 nitrogen and oxygen atoms in total. The molecule has 29 heavy (non-hydrogen) atoms. The van der Waals surface area contributed by atoms with Gasteiger partial charge in [-0.15, -0.1) is 15.7 Å². The van der Waals surface area contributed by atoms with Crippen molar-refractivity contribution in [2.24, 2.45) is 4.40 Å².